The largest absolute Gasteiger partial charge is 0.478 e. The van der Waals surface area contributed by atoms with E-state index in [0.29, 0.717) is 28.1 Å². The van der Waals surface area contributed by atoms with Crippen LogP contribution in [-0.4, -0.2) is 24.0 Å². The van der Waals surface area contributed by atoms with Crippen molar-refractivity contribution in [2.45, 2.75) is 18.7 Å². The number of rotatable bonds is 6. The molecule has 0 aromatic heterocycles. The minimum atomic E-state index is -0.999. The molecule has 0 spiro atoms. The molecular formula is C24H20Cl2N2O3. The molecule has 1 aliphatic heterocycles. The van der Waals surface area contributed by atoms with Crippen molar-refractivity contribution in [3.05, 3.63) is 105 Å². The highest BCUT2D eigenvalue weighted by atomic mass is 35.5. The molecule has 3 aromatic carbocycles. The van der Waals surface area contributed by atoms with E-state index in [4.69, 9.17) is 32.9 Å². The Balaban J connectivity index is 1.77. The molecule has 0 saturated heterocycles. The fourth-order valence-electron chi connectivity index (χ4n) is 3.70. The number of nitrogens with zero attached hydrogens (tertiary/aromatic N) is 1. The highest BCUT2D eigenvalue weighted by Crippen LogP contribution is 2.38. The van der Waals surface area contributed by atoms with Gasteiger partial charge in [0.1, 0.15) is 11.9 Å². The van der Waals surface area contributed by atoms with Crippen molar-refractivity contribution >= 4 is 35.0 Å². The fourth-order valence-corrected chi connectivity index (χ4v) is 3.95. The lowest BCUT2D eigenvalue weighted by Crippen LogP contribution is -2.25. The van der Waals surface area contributed by atoms with E-state index in [2.05, 4.69) is 5.32 Å². The molecule has 1 heterocycles. The van der Waals surface area contributed by atoms with Crippen LogP contribution >= 0.6 is 23.2 Å². The number of hydrogen-bond donors (Lipinski definition) is 2. The zero-order valence-electron chi connectivity index (χ0n) is 16.7. The fraction of sp³-hybridized carbons (Fsp3) is 0.167. The van der Waals surface area contributed by atoms with E-state index in [0.717, 1.165) is 16.7 Å². The van der Waals surface area contributed by atoms with E-state index in [1.807, 2.05) is 54.6 Å². The number of carboxylic acid groups (broad SMARTS) is 1. The van der Waals surface area contributed by atoms with Crippen molar-refractivity contribution in [1.29, 1.82) is 0 Å². The molecule has 2 atom stereocenters. The molecule has 0 aliphatic carbocycles. The van der Waals surface area contributed by atoms with Gasteiger partial charge in [-0.25, -0.2) is 4.79 Å². The summed E-state index contributed by atoms with van der Waals surface area (Å²) in [6.45, 7) is 0.308. The molecule has 158 valence electrons. The average molecular weight is 455 g/mol. The van der Waals surface area contributed by atoms with E-state index in [9.17, 15) is 9.90 Å². The van der Waals surface area contributed by atoms with Crippen molar-refractivity contribution in [2.75, 3.05) is 7.11 Å². The minimum Gasteiger partial charge on any atom is -0.478 e. The molecule has 31 heavy (non-hydrogen) atoms. The highest BCUT2D eigenvalue weighted by molar-refractivity contribution is 6.30. The van der Waals surface area contributed by atoms with Crippen molar-refractivity contribution in [1.82, 2.24) is 5.32 Å². The molecule has 0 bridgehead atoms. The van der Waals surface area contributed by atoms with Gasteiger partial charge in [0.2, 0.25) is 0 Å². The van der Waals surface area contributed by atoms with Crippen LogP contribution in [0.1, 0.15) is 44.7 Å². The van der Waals surface area contributed by atoms with Gasteiger partial charge < -0.3 is 15.2 Å². The zero-order valence-corrected chi connectivity index (χ0v) is 18.2. The molecule has 7 heteroatoms. The second-order valence-electron chi connectivity index (χ2n) is 7.30. The van der Waals surface area contributed by atoms with Crippen LogP contribution in [-0.2, 0) is 11.3 Å². The Morgan fingerprint density at radius 1 is 1.00 bits per heavy atom. The van der Waals surface area contributed by atoms with Gasteiger partial charge in [-0.05, 0) is 59.2 Å². The van der Waals surface area contributed by atoms with E-state index in [1.54, 1.807) is 19.2 Å². The van der Waals surface area contributed by atoms with E-state index < -0.39 is 5.97 Å². The van der Waals surface area contributed by atoms with Gasteiger partial charge in [0.25, 0.3) is 0 Å². The number of carboxylic acids is 1. The SMILES string of the molecule is COCc1cc(C(=O)O)cc(C2=N[C@H](c3ccc(Cl)cc3)[C@H](c3ccc(Cl)cc3)N2)c1. The quantitative estimate of drug-likeness (QED) is 0.503. The summed E-state index contributed by atoms with van der Waals surface area (Å²) in [5.41, 5.74) is 3.67. The van der Waals surface area contributed by atoms with Crippen molar-refractivity contribution in [3.63, 3.8) is 0 Å². The number of benzene rings is 3. The third kappa shape index (κ3) is 4.74. The number of aliphatic imine (C=N–C) groups is 1. The summed E-state index contributed by atoms with van der Waals surface area (Å²) in [5.74, 6) is -0.373. The van der Waals surface area contributed by atoms with Crippen LogP contribution in [0.4, 0.5) is 0 Å². The molecule has 0 unspecified atom stereocenters. The molecule has 3 aromatic rings. The van der Waals surface area contributed by atoms with Crippen molar-refractivity contribution < 1.29 is 14.6 Å². The van der Waals surface area contributed by atoms with Gasteiger partial charge in [-0.1, -0.05) is 47.5 Å². The van der Waals surface area contributed by atoms with Crippen LogP contribution in [0.3, 0.4) is 0 Å². The van der Waals surface area contributed by atoms with Crippen LogP contribution in [0, 0.1) is 0 Å². The molecule has 1 aliphatic rings. The smallest absolute Gasteiger partial charge is 0.335 e. The maximum atomic E-state index is 11.6. The second kappa shape index (κ2) is 9.10. The van der Waals surface area contributed by atoms with E-state index in [1.165, 1.54) is 0 Å². The predicted molar refractivity (Wildman–Crippen MR) is 122 cm³/mol. The van der Waals surface area contributed by atoms with Crippen LogP contribution < -0.4 is 5.32 Å². The first-order valence-corrected chi connectivity index (χ1v) is 10.4. The third-order valence-electron chi connectivity index (χ3n) is 5.14. The Morgan fingerprint density at radius 3 is 2.19 bits per heavy atom. The lowest BCUT2D eigenvalue weighted by Gasteiger charge is -2.20. The maximum Gasteiger partial charge on any atom is 0.335 e. The van der Waals surface area contributed by atoms with Crippen LogP contribution in [0.15, 0.2) is 71.7 Å². The first-order valence-electron chi connectivity index (χ1n) is 9.66. The van der Waals surface area contributed by atoms with Crippen LogP contribution in [0.25, 0.3) is 0 Å². The summed E-state index contributed by atoms with van der Waals surface area (Å²) in [7, 11) is 1.57. The number of aromatic carboxylic acids is 1. The van der Waals surface area contributed by atoms with Gasteiger partial charge in [-0.2, -0.15) is 0 Å². The molecular weight excluding hydrogens is 435 g/mol. The summed E-state index contributed by atoms with van der Waals surface area (Å²) < 4.78 is 5.21. The zero-order chi connectivity index (χ0) is 22.0. The first kappa shape index (κ1) is 21.4. The van der Waals surface area contributed by atoms with Gasteiger partial charge in [-0.3, -0.25) is 4.99 Å². The molecule has 5 nitrogen and oxygen atoms in total. The van der Waals surface area contributed by atoms with Gasteiger partial charge >= 0.3 is 5.97 Å². The lowest BCUT2D eigenvalue weighted by atomic mass is 9.95. The number of methoxy groups -OCH3 is 1. The Labute approximate surface area is 190 Å². The minimum absolute atomic E-state index is 0.146. The Hall–Kier alpha value is -2.86. The topological polar surface area (TPSA) is 70.9 Å². The molecule has 0 radical (unpaired) electrons. The Kier molecular flexibility index (Phi) is 6.28. The number of nitrogens with one attached hydrogen (secondary N) is 1. The van der Waals surface area contributed by atoms with Gasteiger partial charge in [0, 0.05) is 22.7 Å². The van der Waals surface area contributed by atoms with Crippen LogP contribution in [0.5, 0.6) is 0 Å². The summed E-state index contributed by atoms with van der Waals surface area (Å²) in [5, 5.41) is 14.3. The molecule has 0 fully saturated rings. The number of hydrogen-bond acceptors (Lipinski definition) is 4. The van der Waals surface area contributed by atoms with Crippen molar-refractivity contribution in [3.8, 4) is 0 Å². The monoisotopic (exact) mass is 454 g/mol. The third-order valence-corrected chi connectivity index (χ3v) is 5.64. The number of amidine groups is 1. The van der Waals surface area contributed by atoms with Gasteiger partial charge in [0.15, 0.2) is 0 Å². The number of halogens is 2. The molecule has 4 rings (SSSR count). The number of ether oxygens (including phenoxy) is 1. The van der Waals surface area contributed by atoms with E-state index in [-0.39, 0.29) is 17.6 Å². The lowest BCUT2D eigenvalue weighted by molar-refractivity contribution is 0.0696. The van der Waals surface area contributed by atoms with Gasteiger partial charge in [-0.15, -0.1) is 0 Å². The predicted octanol–water partition coefficient (Wildman–Crippen LogP) is 5.67. The summed E-state index contributed by atoms with van der Waals surface area (Å²) in [4.78, 5) is 16.6. The molecule has 0 amide bonds. The Bertz CT molecular complexity index is 1130. The Morgan fingerprint density at radius 2 is 1.61 bits per heavy atom. The highest BCUT2D eigenvalue weighted by Gasteiger charge is 2.32. The first-order chi connectivity index (χ1) is 14.9. The second-order valence-corrected chi connectivity index (χ2v) is 8.18. The van der Waals surface area contributed by atoms with Crippen LogP contribution in [0.2, 0.25) is 10.0 Å². The summed E-state index contributed by atoms with van der Waals surface area (Å²) in [6.07, 6.45) is 0. The molecule has 0 saturated carbocycles. The normalized spacial score (nSPS) is 17.8. The average Bonchev–Trinajstić information content (AvgIpc) is 3.20. The maximum absolute atomic E-state index is 11.6. The standard InChI is InChI=1S/C24H20Cl2N2O3/c1-31-13-14-10-17(12-18(11-14)24(29)30)23-27-21(15-2-6-19(25)7-3-15)22(28-23)16-4-8-20(26)9-5-16/h2-12,21-22H,13H2,1H3,(H,27,28)(H,29,30)/t21-,22+. The molecule has 2 N–H and O–H groups in total. The van der Waals surface area contributed by atoms with E-state index >= 15 is 0 Å². The summed E-state index contributed by atoms with van der Waals surface area (Å²) >= 11 is 12.2. The number of carbonyl (C=O) groups is 1. The van der Waals surface area contributed by atoms with Gasteiger partial charge in [0.05, 0.1) is 18.2 Å². The summed E-state index contributed by atoms with van der Waals surface area (Å²) in [6, 6.07) is 20.0. The van der Waals surface area contributed by atoms with Crippen molar-refractivity contribution in [2.24, 2.45) is 4.99 Å².